The van der Waals surface area contributed by atoms with Crippen molar-refractivity contribution in [2.75, 3.05) is 25.1 Å². The molecule has 0 aromatic heterocycles. The van der Waals surface area contributed by atoms with E-state index in [1.807, 2.05) is 13.8 Å². The lowest BCUT2D eigenvalue weighted by atomic mass is 9.76. The molecule has 0 heterocycles. The maximum atomic E-state index is 13.0. The van der Waals surface area contributed by atoms with E-state index in [0.29, 0.717) is 36.0 Å². The molecule has 0 aliphatic rings. The summed E-state index contributed by atoms with van der Waals surface area (Å²) in [6.07, 6.45) is 1.98. The fourth-order valence-corrected chi connectivity index (χ4v) is 4.95. The Morgan fingerprint density at radius 1 is 1.00 bits per heavy atom. The number of phenolic OH excluding ortho intramolecular Hbond substituents is 1. The number of phenols is 1. The maximum absolute atomic E-state index is 13.0. The van der Waals surface area contributed by atoms with Gasteiger partial charge in [0.2, 0.25) is 0 Å². The van der Waals surface area contributed by atoms with Gasteiger partial charge in [-0.05, 0) is 59.8 Å². The van der Waals surface area contributed by atoms with Crippen molar-refractivity contribution in [2.24, 2.45) is 5.92 Å². The predicted molar refractivity (Wildman–Crippen MR) is 176 cm³/mol. The number of ether oxygens (including phenoxy) is 2. The number of rotatable bonds is 13. The van der Waals surface area contributed by atoms with Gasteiger partial charge in [0.15, 0.2) is 0 Å². The predicted octanol–water partition coefficient (Wildman–Crippen LogP) is 8.98. The van der Waals surface area contributed by atoms with Crippen LogP contribution in [0.3, 0.4) is 0 Å². The van der Waals surface area contributed by atoms with Crippen LogP contribution in [0.4, 0.5) is 10.5 Å². The molecule has 0 atom stereocenters. The Morgan fingerprint density at radius 3 is 2.35 bits per heavy atom. The third kappa shape index (κ3) is 8.35. The molecule has 234 valence electrons. The van der Waals surface area contributed by atoms with Crippen molar-refractivity contribution in [3.05, 3.63) is 64.2 Å². The minimum absolute atomic E-state index is 0.0416. The number of fused-ring (bicyclic) bond motifs is 1. The van der Waals surface area contributed by atoms with Gasteiger partial charge in [-0.2, -0.15) is 0 Å². The zero-order chi connectivity index (χ0) is 31.9. The minimum atomic E-state index is -0.619. The van der Waals surface area contributed by atoms with Crippen molar-refractivity contribution in [3.8, 4) is 11.5 Å². The molecule has 3 N–H and O–H groups in total. The summed E-state index contributed by atoms with van der Waals surface area (Å²) in [6, 6.07) is 12.9. The number of halogens is 1. The molecule has 3 aromatic rings. The largest absolute Gasteiger partial charge is 0.506 e. The summed E-state index contributed by atoms with van der Waals surface area (Å²) in [5.74, 6) is 0.392. The Labute approximate surface area is 261 Å². The summed E-state index contributed by atoms with van der Waals surface area (Å²) in [7, 11) is 0. The zero-order valence-electron chi connectivity index (χ0n) is 26.8. The normalized spacial score (nSPS) is 12.0. The Morgan fingerprint density at radius 2 is 1.70 bits per heavy atom. The lowest BCUT2D eigenvalue weighted by Gasteiger charge is -2.30. The third-order valence-corrected chi connectivity index (χ3v) is 8.53. The number of hydrogen-bond donors (Lipinski definition) is 3. The molecule has 3 aromatic carbocycles. The van der Waals surface area contributed by atoms with Crippen LogP contribution in [0.1, 0.15) is 96.1 Å². The molecule has 3 rings (SSSR count). The smallest absolute Gasteiger partial charge is 0.411 e. The summed E-state index contributed by atoms with van der Waals surface area (Å²) < 4.78 is 11.4. The average Bonchev–Trinajstić information content (AvgIpc) is 2.97. The number of carbonyl (C=O) groups excluding carboxylic acids is 2. The monoisotopic (exact) mass is 610 g/mol. The average molecular weight is 611 g/mol. The first-order chi connectivity index (χ1) is 20.2. The molecule has 2 amide bonds. The number of benzene rings is 3. The second kappa shape index (κ2) is 14.3. The van der Waals surface area contributed by atoms with E-state index in [-0.39, 0.29) is 39.7 Å². The summed E-state index contributed by atoms with van der Waals surface area (Å²) in [6.45, 7) is 18.3. The molecule has 0 saturated heterocycles. The van der Waals surface area contributed by atoms with Crippen LogP contribution in [-0.4, -0.2) is 36.9 Å². The summed E-state index contributed by atoms with van der Waals surface area (Å²) in [5, 5.41) is 17.5. The van der Waals surface area contributed by atoms with E-state index < -0.39 is 12.0 Å². The SMILES string of the molecule is CCC(C)(C)c1ccc(OCCCNC(=O)c2cc(Cl)c3c(NC(=O)OCC(C)C)cccc3c2O)c(C(C)(C)CC)c1. The molecule has 7 nitrogen and oxygen atoms in total. The van der Waals surface area contributed by atoms with Gasteiger partial charge in [0.25, 0.3) is 5.91 Å². The number of carbonyl (C=O) groups is 2. The maximum Gasteiger partial charge on any atom is 0.411 e. The van der Waals surface area contributed by atoms with Crippen molar-refractivity contribution in [2.45, 2.75) is 85.5 Å². The lowest BCUT2D eigenvalue weighted by Crippen LogP contribution is -2.26. The van der Waals surface area contributed by atoms with E-state index in [4.69, 9.17) is 21.1 Å². The lowest BCUT2D eigenvalue weighted by molar-refractivity contribution is 0.0949. The zero-order valence-corrected chi connectivity index (χ0v) is 27.6. The van der Waals surface area contributed by atoms with E-state index in [0.717, 1.165) is 18.6 Å². The highest BCUT2D eigenvalue weighted by Crippen LogP contribution is 2.40. The highest BCUT2D eigenvalue weighted by Gasteiger charge is 2.27. The van der Waals surface area contributed by atoms with Crippen molar-refractivity contribution in [3.63, 3.8) is 0 Å². The molecule has 0 radical (unpaired) electrons. The molecule has 0 aliphatic carbocycles. The standard InChI is InChI=1S/C35H47ClN2O5/c1-9-34(5,6)23-15-16-29(26(19-23)35(7,8)10-2)42-18-12-17-37-32(40)25-20-27(36)30-24(31(25)39)13-11-14-28(30)38-33(41)43-21-22(3)4/h11,13-16,19-20,22,39H,9-10,12,17-18,21H2,1-8H3,(H,37,40)(H,38,41). The van der Waals surface area contributed by atoms with Gasteiger partial charge in [-0.25, -0.2) is 4.79 Å². The van der Waals surface area contributed by atoms with Crippen molar-refractivity contribution >= 4 is 40.1 Å². The van der Waals surface area contributed by atoms with Crippen LogP contribution >= 0.6 is 11.6 Å². The molecule has 0 spiro atoms. The van der Waals surface area contributed by atoms with Crippen LogP contribution < -0.4 is 15.4 Å². The van der Waals surface area contributed by atoms with Gasteiger partial charge in [-0.3, -0.25) is 10.1 Å². The van der Waals surface area contributed by atoms with E-state index >= 15 is 0 Å². The van der Waals surface area contributed by atoms with E-state index in [1.54, 1.807) is 18.2 Å². The van der Waals surface area contributed by atoms with E-state index in [1.165, 1.54) is 17.2 Å². The van der Waals surface area contributed by atoms with E-state index in [9.17, 15) is 14.7 Å². The molecule has 0 saturated carbocycles. The molecule has 0 unspecified atom stereocenters. The fraction of sp³-hybridized carbons (Fsp3) is 0.486. The first-order valence-electron chi connectivity index (χ1n) is 15.2. The Bertz CT molecular complexity index is 1450. The Hall–Kier alpha value is -3.45. The number of amides is 2. The highest BCUT2D eigenvalue weighted by molar-refractivity contribution is 6.38. The van der Waals surface area contributed by atoms with Crippen LogP contribution in [-0.2, 0) is 15.6 Å². The topological polar surface area (TPSA) is 96.9 Å². The first kappa shape index (κ1) is 34.0. The van der Waals surface area contributed by atoms with Gasteiger partial charge in [0, 0.05) is 22.9 Å². The summed E-state index contributed by atoms with van der Waals surface area (Å²) in [4.78, 5) is 25.3. The molecular weight excluding hydrogens is 564 g/mol. The molecule has 0 aliphatic heterocycles. The number of aromatic hydroxyl groups is 1. The Kier molecular flexibility index (Phi) is 11.4. The molecule has 8 heteroatoms. The van der Waals surface area contributed by atoms with Crippen LogP contribution in [0.5, 0.6) is 11.5 Å². The highest BCUT2D eigenvalue weighted by atomic mass is 35.5. The number of nitrogens with one attached hydrogen (secondary N) is 2. The van der Waals surface area contributed by atoms with Gasteiger partial charge in [-0.15, -0.1) is 0 Å². The molecule has 0 bridgehead atoms. The van der Waals surface area contributed by atoms with Crippen LogP contribution in [0.25, 0.3) is 10.8 Å². The molecule has 43 heavy (non-hydrogen) atoms. The minimum Gasteiger partial charge on any atom is -0.506 e. The fourth-order valence-electron chi connectivity index (χ4n) is 4.64. The molecular formula is C35H47ClN2O5. The van der Waals surface area contributed by atoms with E-state index in [2.05, 4.69) is 70.4 Å². The number of anilines is 1. The van der Waals surface area contributed by atoms with Crippen LogP contribution in [0.15, 0.2) is 42.5 Å². The second-order valence-electron chi connectivity index (χ2n) is 12.7. The van der Waals surface area contributed by atoms with Gasteiger partial charge >= 0.3 is 6.09 Å². The van der Waals surface area contributed by atoms with Crippen LogP contribution in [0.2, 0.25) is 5.02 Å². The van der Waals surface area contributed by atoms with Crippen molar-refractivity contribution < 1.29 is 24.2 Å². The number of hydrogen-bond acceptors (Lipinski definition) is 5. The van der Waals surface area contributed by atoms with Gasteiger partial charge in [-0.1, -0.05) is 91.3 Å². The first-order valence-corrected chi connectivity index (χ1v) is 15.5. The van der Waals surface area contributed by atoms with Gasteiger partial charge < -0.3 is 19.9 Å². The Balaban J connectivity index is 1.67. The molecule has 0 fully saturated rings. The van der Waals surface area contributed by atoms with Crippen molar-refractivity contribution in [1.82, 2.24) is 5.32 Å². The third-order valence-electron chi connectivity index (χ3n) is 8.24. The summed E-state index contributed by atoms with van der Waals surface area (Å²) in [5.41, 5.74) is 2.96. The second-order valence-corrected chi connectivity index (χ2v) is 13.2. The van der Waals surface area contributed by atoms with Crippen LogP contribution in [0, 0.1) is 5.92 Å². The summed E-state index contributed by atoms with van der Waals surface area (Å²) >= 11 is 6.55. The van der Waals surface area contributed by atoms with Gasteiger partial charge in [0.05, 0.1) is 29.5 Å². The quantitative estimate of drug-likeness (QED) is 0.168. The van der Waals surface area contributed by atoms with Gasteiger partial charge in [0.1, 0.15) is 11.5 Å². The van der Waals surface area contributed by atoms with Crippen molar-refractivity contribution in [1.29, 1.82) is 0 Å².